The van der Waals surface area contributed by atoms with Crippen molar-refractivity contribution in [3.8, 4) is 11.5 Å². The SMILES string of the molecule is COc1ccc(CCNC(=O)c2cc3c(F)cccc3n2C)cc1OC. The number of fused-ring (bicyclic) bond motifs is 1. The number of carbonyl (C=O) groups is 1. The fourth-order valence-corrected chi connectivity index (χ4v) is 2.99. The summed E-state index contributed by atoms with van der Waals surface area (Å²) in [4.78, 5) is 12.5. The second kappa shape index (κ2) is 7.47. The van der Waals surface area contributed by atoms with Crippen LogP contribution in [0.4, 0.5) is 4.39 Å². The van der Waals surface area contributed by atoms with Crippen LogP contribution in [0.3, 0.4) is 0 Å². The number of rotatable bonds is 6. The molecule has 26 heavy (non-hydrogen) atoms. The lowest BCUT2D eigenvalue weighted by molar-refractivity contribution is 0.0946. The quantitative estimate of drug-likeness (QED) is 0.737. The number of nitrogens with one attached hydrogen (secondary N) is 1. The molecule has 1 N–H and O–H groups in total. The number of aryl methyl sites for hydroxylation is 1. The number of amides is 1. The average molecular weight is 356 g/mol. The molecule has 0 saturated heterocycles. The zero-order valence-corrected chi connectivity index (χ0v) is 15.0. The third kappa shape index (κ3) is 3.35. The minimum absolute atomic E-state index is 0.233. The fraction of sp³-hybridized carbons (Fsp3) is 0.250. The molecule has 0 spiro atoms. The van der Waals surface area contributed by atoms with Crippen LogP contribution < -0.4 is 14.8 Å². The van der Waals surface area contributed by atoms with Crippen LogP contribution >= 0.6 is 0 Å². The Hall–Kier alpha value is -3.02. The van der Waals surface area contributed by atoms with Crippen molar-refractivity contribution in [2.75, 3.05) is 20.8 Å². The minimum Gasteiger partial charge on any atom is -0.493 e. The maximum absolute atomic E-state index is 13.9. The van der Waals surface area contributed by atoms with Crippen molar-refractivity contribution in [1.82, 2.24) is 9.88 Å². The predicted molar refractivity (Wildman–Crippen MR) is 98.5 cm³/mol. The van der Waals surface area contributed by atoms with Crippen LogP contribution in [0.5, 0.6) is 11.5 Å². The molecule has 0 radical (unpaired) electrons. The second-order valence-electron chi connectivity index (χ2n) is 5.96. The Bertz CT molecular complexity index is 950. The number of hydrogen-bond acceptors (Lipinski definition) is 3. The zero-order valence-electron chi connectivity index (χ0n) is 15.0. The summed E-state index contributed by atoms with van der Waals surface area (Å²) in [6.07, 6.45) is 0.643. The topological polar surface area (TPSA) is 52.5 Å². The van der Waals surface area contributed by atoms with Crippen LogP contribution in [0, 0.1) is 5.82 Å². The van der Waals surface area contributed by atoms with Crippen molar-refractivity contribution < 1.29 is 18.7 Å². The van der Waals surface area contributed by atoms with Gasteiger partial charge in [-0.15, -0.1) is 0 Å². The molecule has 0 atom stereocenters. The molecule has 0 aliphatic rings. The fourth-order valence-electron chi connectivity index (χ4n) is 2.99. The maximum Gasteiger partial charge on any atom is 0.267 e. The van der Waals surface area contributed by atoms with Gasteiger partial charge in [0, 0.05) is 19.0 Å². The molecule has 1 amide bonds. The third-order valence-electron chi connectivity index (χ3n) is 4.41. The van der Waals surface area contributed by atoms with E-state index in [9.17, 15) is 9.18 Å². The molecular formula is C20H21FN2O3. The highest BCUT2D eigenvalue weighted by Crippen LogP contribution is 2.27. The van der Waals surface area contributed by atoms with Gasteiger partial charge >= 0.3 is 0 Å². The standard InChI is InChI=1S/C20H21FN2O3/c1-23-16-6-4-5-15(21)14(16)12-17(23)20(24)22-10-9-13-7-8-18(25-2)19(11-13)26-3/h4-8,11-12H,9-10H2,1-3H3,(H,22,24). The number of benzene rings is 2. The van der Waals surface area contributed by atoms with E-state index in [-0.39, 0.29) is 11.7 Å². The largest absolute Gasteiger partial charge is 0.493 e. The van der Waals surface area contributed by atoms with Crippen molar-refractivity contribution >= 4 is 16.8 Å². The molecule has 0 aliphatic carbocycles. The molecule has 136 valence electrons. The van der Waals surface area contributed by atoms with Crippen LogP contribution in [0.1, 0.15) is 16.1 Å². The molecule has 6 heteroatoms. The Balaban J connectivity index is 1.68. The molecule has 0 aliphatic heterocycles. The first kappa shape index (κ1) is 17.8. The van der Waals surface area contributed by atoms with Crippen molar-refractivity contribution in [2.24, 2.45) is 7.05 Å². The van der Waals surface area contributed by atoms with Gasteiger partial charge in [-0.25, -0.2) is 4.39 Å². The van der Waals surface area contributed by atoms with Gasteiger partial charge in [0.25, 0.3) is 5.91 Å². The smallest absolute Gasteiger partial charge is 0.267 e. The van der Waals surface area contributed by atoms with Crippen molar-refractivity contribution in [3.05, 3.63) is 59.5 Å². The van der Waals surface area contributed by atoms with Crippen LogP contribution in [0.25, 0.3) is 10.9 Å². The first-order valence-electron chi connectivity index (χ1n) is 8.28. The zero-order chi connectivity index (χ0) is 18.7. The highest BCUT2D eigenvalue weighted by molar-refractivity contribution is 5.98. The normalized spacial score (nSPS) is 10.8. The third-order valence-corrected chi connectivity index (χ3v) is 4.41. The summed E-state index contributed by atoms with van der Waals surface area (Å²) in [5.41, 5.74) is 2.14. The van der Waals surface area contributed by atoms with E-state index in [0.29, 0.717) is 41.1 Å². The molecule has 0 bridgehead atoms. The van der Waals surface area contributed by atoms with Gasteiger partial charge < -0.3 is 19.4 Å². The van der Waals surface area contributed by atoms with Gasteiger partial charge in [-0.1, -0.05) is 12.1 Å². The lowest BCUT2D eigenvalue weighted by Gasteiger charge is -2.10. The van der Waals surface area contributed by atoms with Gasteiger partial charge in [0.05, 0.1) is 19.7 Å². The Kier molecular flexibility index (Phi) is 5.11. The Morgan fingerprint density at radius 2 is 1.88 bits per heavy atom. The van der Waals surface area contributed by atoms with Crippen molar-refractivity contribution in [1.29, 1.82) is 0 Å². The Labute approximate surface area is 151 Å². The van der Waals surface area contributed by atoms with E-state index in [1.807, 2.05) is 18.2 Å². The first-order chi connectivity index (χ1) is 12.5. The number of ether oxygens (including phenoxy) is 2. The van der Waals surface area contributed by atoms with Gasteiger partial charge in [-0.3, -0.25) is 4.79 Å². The highest BCUT2D eigenvalue weighted by atomic mass is 19.1. The van der Waals surface area contributed by atoms with E-state index in [1.54, 1.807) is 44.0 Å². The van der Waals surface area contributed by atoms with Gasteiger partial charge in [0.2, 0.25) is 0 Å². The van der Waals surface area contributed by atoms with Crippen LogP contribution in [0.2, 0.25) is 0 Å². The van der Waals surface area contributed by atoms with E-state index in [2.05, 4.69) is 5.32 Å². The van der Waals surface area contributed by atoms with Crippen LogP contribution in [-0.2, 0) is 13.5 Å². The van der Waals surface area contributed by atoms with Gasteiger partial charge in [-0.2, -0.15) is 0 Å². The molecule has 5 nitrogen and oxygen atoms in total. The molecule has 3 aromatic rings. The predicted octanol–water partition coefficient (Wildman–Crippen LogP) is 3.31. The Morgan fingerprint density at radius 3 is 2.58 bits per heavy atom. The number of nitrogens with zero attached hydrogens (tertiary/aromatic N) is 1. The van der Waals surface area contributed by atoms with Gasteiger partial charge in [0.1, 0.15) is 11.5 Å². The Morgan fingerprint density at radius 1 is 1.12 bits per heavy atom. The summed E-state index contributed by atoms with van der Waals surface area (Å²) < 4.78 is 26.1. The maximum atomic E-state index is 13.9. The summed E-state index contributed by atoms with van der Waals surface area (Å²) in [5.74, 6) is 0.754. The summed E-state index contributed by atoms with van der Waals surface area (Å²) in [6.45, 7) is 0.457. The van der Waals surface area contributed by atoms with E-state index >= 15 is 0 Å². The minimum atomic E-state index is -0.331. The summed E-state index contributed by atoms with van der Waals surface area (Å²) in [5, 5.41) is 3.32. The highest BCUT2D eigenvalue weighted by Gasteiger charge is 2.15. The summed E-state index contributed by atoms with van der Waals surface area (Å²) >= 11 is 0. The molecule has 2 aromatic carbocycles. The van der Waals surface area contributed by atoms with E-state index in [4.69, 9.17) is 9.47 Å². The molecule has 3 rings (SSSR count). The monoisotopic (exact) mass is 356 g/mol. The molecule has 0 fully saturated rings. The summed E-state index contributed by atoms with van der Waals surface area (Å²) in [7, 11) is 4.93. The van der Waals surface area contributed by atoms with E-state index in [1.165, 1.54) is 6.07 Å². The van der Waals surface area contributed by atoms with Gasteiger partial charge in [0.15, 0.2) is 11.5 Å². The molecule has 1 aromatic heterocycles. The van der Waals surface area contributed by atoms with E-state index in [0.717, 1.165) is 5.56 Å². The average Bonchev–Trinajstić information content (AvgIpc) is 3.00. The van der Waals surface area contributed by atoms with Crippen molar-refractivity contribution in [3.63, 3.8) is 0 Å². The second-order valence-corrected chi connectivity index (χ2v) is 5.96. The first-order valence-corrected chi connectivity index (χ1v) is 8.28. The number of aromatic nitrogens is 1. The van der Waals surface area contributed by atoms with Crippen molar-refractivity contribution in [2.45, 2.75) is 6.42 Å². The summed E-state index contributed by atoms with van der Waals surface area (Å²) in [6, 6.07) is 12.0. The van der Waals surface area contributed by atoms with Crippen LogP contribution in [-0.4, -0.2) is 31.2 Å². The molecule has 1 heterocycles. The number of halogens is 1. The molecule has 0 saturated carbocycles. The van der Waals surface area contributed by atoms with Gasteiger partial charge in [-0.05, 0) is 42.3 Å². The number of hydrogen-bond donors (Lipinski definition) is 1. The lowest BCUT2D eigenvalue weighted by Crippen LogP contribution is -2.27. The molecule has 0 unspecified atom stereocenters. The number of methoxy groups -OCH3 is 2. The lowest BCUT2D eigenvalue weighted by atomic mass is 10.1. The molecular weight excluding hydrogens is 335 g/mol. The number of carbonyl (C=O) groups excluding carboxylic acids is 1. The van der Waals surface area contributed by atoms with Crippen LogP contribution in [0.15, 0.2) is 42.5 Å². The van der Waals surface area contributed by atoms with E-state index < -0.39 is 0 Å².